The van der Waals surface area contributed by atoms with Gasteiger partial charge < -0.3 is 14.9 Å². The fourth-order valence-electron chi connectivity index (χ4n) is 3.19. The lowest BCUT2D eigenvalue weighted by Gasteiger charge is -2.45. The molecule has 0 amide bonds. The Kier molecular flexibility index (Phi) is 6.60. The van der Waals surface area contributed by atoms with Gasteiger partial charge in [-0.3, -0.25) is 9.59 Å². The van der Waals surface area contributed by atoms with E-state index in [1.54, 1.807) is 48.5 Å². The van der Waals surface area contributed by atoms with Crippen LogP contribution in [-0.2, 0) is 19.1 Å². The fourth-order valence-corrected chi connectivity index (χ4v) is 3.19. The zero-order valence-corrected chi connectivity index (χ0v) is 17.2. The third kappa shape index (κ3) is 5.63. The summed E-state index contributed by atoms with van der Waals surface area (Å²) in [6.07, 6.45) is 3.89. The van der Waals surface area contributed by atoms with Crippen LogP contribution in [0.1, 0.15) is 61.3 Å². The van der Waals surface area contributed by atoms with Gasteiger partial charge in [-0.2, -0.15) is 0 Å². The molecule has 6 nitrogen and oxygen atoms in total. The van der Waals surface area contributed by atoms with E-state index >= 15 is 0 Å². The molecule has 0 radical (unpaired) electrons. The molecule has 0 saturated heterocycles. The van der Waals surface area contributed by atoms with Crippen LogP contribution in [0.5, 0.6) is 0 Å². The smallest absolute Gasteiger partial charge is 0.328 e. The van der Waals surface area contributed by atoms with Crippen LogP contribution in [0, 0.1) is 5.41 Å². The van der Waals surface area contributed by atoms with Crippen LogP contribution in [0.25, 0.3) is 0 Å². The first-order valence-corrected chi connectivity index (χ1v) is 8.87. The van der Waals surface area contributed by atoms with Crippen molar-refractivity contribution in [1.29, 1.82) is 0 Å². The Morgan fingerprint density at radius 1 is 1.26 bits per heavy atom. The Morgan fingerprint density at radius 2 is 1.81 bits per heavy atom. The molecule has 1 atom stereocenters. The second-order valence-corrected chi connectivity index (χ2v) is 8.68. The van der Waals surface area contributed by atoms with Crippen molar-refractivity contribution in [3.8, 4) is 0 Å². The average Bonchev–Trinajstić information content (AvgIpc) is 2.45. The van der Waals surface area contributed by atoms with Gasteiger partial charge in [0, 0.05) is 23.5 Å². The predicted octanol–water partition coefficient (Wildman–Crippen LogP) is 3.35. The van der Waals surface area contributed by atoms with Crippen LogP contribution < -0.4 is 0 Å². The van der Waals surface area contributed by atoms with Crippen molar-refractivity contribution in [2.24, 2.45) is 5.41 Å². The van der Waals surface area contributed by atoms with E-state index in [9.17, 15) is 19.5 Å². The van der Waals surface area contributed by atoms with Gasteiger partial charge in [0.2, 0.25) is 0 Å². The molecule has 0 fully saturated rings. The molecule has 0 aliphatic heterocycles. The maximum atomic E-state index is 12.6. The number of aliphatic carboxylic acids is 1. The molecule has 1 rings (SSSR count). The summed E-state index contributed by atoms with van der Waals surface area (Å²) in [5.74, 6) is -1.81. The largest absolute Gasteiger partial charge is 0.478 e. The molecule has 0 heterocycles. The molecule has 27 heavy (non-hydrogen) atoms. The van der Waals surface area contributed by atoms with Crippen molar-refractivity contribution in [3.05, 3.63) is 34.9 Å². The number of aliphatic hydroxyl groups is 1. The molecule has 0 spiro atoms. The monoisotopic (exact) mass is 378 g/mol. The maximum Gasteiger partial charge on any atom is 0.328 e. The Balaban J connectivity index is 3.33. The van der Waals surface area contributed by atoms with E-state index < -0.39 is 28.6 Å². The topological polar surface area (TPSA) is 101 Å². The van der Waals surface area contributed by atoms with Gasteiger partial charge in [-0.1, -0.05) is 19.9 Å². The molecule has 1 aliphatic rings. The second-order valence-electron chi connectivity index (χ2n) is 8.68. The van der Waals surface area contributed by atoms with Gasteiger partial charge in [-0.15, -0.1) is 0 Å². The van der Waals surface area contributed by atoms with E-state index in [1.807, 2.05) is 0 Å². The molecule has 1 aliphatic carbocycles. The molecular weight excluding hydrogens is 348 g/mol. The first-order valence-electron chi connectivity index (χ1n) is 8.87. The number of allylic oxidation sites excluding steroid dienone is 2. The van der Waals surface area contributed by atoms with Gasteiger partial charge in [-0.25, -0.2) is 4.79 Å². The van der Waals surface area contributed by atoms with Crippen molar-refractivity contribution < 1.29 is 29.3 Å². The van der Waals surface area contributed by atoms with E-state index in [4.69, 9.17) is 9.84 Å². The van der Waals surface area contributed by atoms with Crippen molar-refractivity contribution in [3.63, 3.8) is 0 Å². The number of carbonyl (C=O) groups is 3. The Labute approximate surface area is 160 Å². The van der Waals surface area contributed by atoms with Crippen LogP contribution in [0.3, 0.4) is 0 Å². The predicted molar refractivity (Wildman–Crippen MR) is 102 cm³/mol. The molecule has 150 valence electrons. The second kappa shape index (κ2) is 7.80. The number of Topliss-reactive ketones (excluding diaryl/α,β-unsaturated/α-hetero) is 1. The van der Waals surface area contributed by atoms with Gasteiger partial charge in [0.1, 0.15) is 11.2 Å². The normalized spacial score (nSPS) is 23.7. The highest BCUT2D eigenvalue weighted by atomic mass is 16.6. The molecule has 0 saturated carbocycles. The quantitative estimate of drug-likeness (QED) is 0.432. The summed E-state index contributed by atoms with van der Waals surface area (Å²) in [4.78, 5) is 35.6. The maximum absolute atomic E-state index is 12.6. The molecule has 0 bridgehead atoms. The minimum atomic E-state index is -1.49. The minimum absolute atomic E-state index is 0.0605. The third-order valence-electron chi connectivity index (χ3n) is 4.67. The lowest BCUT2D eigenvalue weighted by atomic mass is 9.62. The van der Waals surface area contributed by atoms with Gasteiger partial charge in [0.05, 0.1) is 6.42 Å². The van der Waals surface area contributed by atoms with Crippen LogP contribution in [0.2, 0.25) is 0 Å². The lowest BCUT2D eigenvalue weighted by Crippen LogP contribution is -2.49. The molecule has 0 unspecified atom stereocenters. The first-order chi connectivity index (χ1) is 12.1. The van der Waals surface area contributed by atoms with E-state index in [0.717, 1.165) is 6.08 Å². The summed E-state index contributed by atoms with van der Waals surface area (Å²) in [6, 6.07) is 0. The average molecular weight is 378 g/mol. The molecule has 6 heteroatoms. The molecular formula is C21H30O6. The fraction of sp³-hybridized carbons (Fsp3) is 0.571. The number of ether oxygens (including phenoxy) is 1. The summed E-state index contributed by atoms with van der Waals surface area (Å²) in [6.45, 7) is 12.0. The van der Waals surface area contributed by atoms with Crippen LogP contribution in [0.4, 0.5) is 0 Å². The van der Waals surface area contributed by atoms with Crippen molar-refractivity contribution >= 4 is 17.7 Å². The van der Waals surface area contributed by atoms with Crippen LogP contribution >= 0.6 is 0 Å². The Bertz CT molecular complexity index is 730. The van der Waals surface area contributed by atoms with E-state index in [-0.39, 0.29) is 24.2 Å². The van der Waals surface area contributed by atoms with Crippen molar-refractivity contribution in [2.45, 2.75) is 72.5 Å². The summed E-state index contributed by atoms with van der Waals surface area (Å²) >= 11 is 0. The van der Waals surface area contributed by atoms with Crippen LogP contribution in [-0.4, -0.2) is 39.1 Å². The summed E-state index contributed by atoms with van der Waals surface area (Å²) in [5, 5.41) is 20.2. The number of carboxylic acid groups (broad SMARTS) is 1. The molecule has 0 aromatic heterocycles. The minimum Gasteiger partial charge on any atom is -0.478 e. The summed E-state index contributed by atoms with van der Waals surface area (Å²) < 4.78 is 5.30. The standard InChI is InChI=1S/C21H30O6/c1-13(10-17(23)24)8-9-21(26)14(2)15(16(22)12-20(21,6)7)11-18(25)27-19(3,4)5/h8-10,26H,11-12H2,1-7H3,(H,23,24)/b9-8+,13-10-/t21-/m0/s1. The zero-order chi connectivity index (χ0) is 21.2. The summed E-state index contributed by atoms with van der Waals surface area (Å²) in [7, 11) is 0. The number of ketones is 1. The molecule has 2 N–H and O–H groups in total. The Hall–Kier alpha value is -2.21. The number of carbonyl (C=O) groups excluding carboxylic acids is 2. The van der Waals surface area contributed by atoms with Gasteiger partial charge in [0.25, 0.3) is 0 Å². The zero-order valence-electron chi connectivity index (χ0n) is 17.2. The number of hydrogen-bond acceptors (Lipinski definition) is 5. The van der Waals surface area contributed by atoms with E-state index in [0.29, 0.717) is 11.1 Å². The number of hydrogen-bond donors (Lipinski definition) is 2. The highest BCUT2D eigenvalue weighted by molar-refractivity contribution is 6.02. The highest BCUT2D eigenvalue weighted by Crippen LogP contribution is 2.47. The van der Waals surface area contributed by atoms with Crippen molar-refractivity contribution in [2.75, 3.05) is 0 Å². The van der Waals surface area contributed by atoms with Crippen LogP contribution in [0.15, 0.2) is 34.9 Å². The lowest BCUT2D eigenvalue weighted by molar-refractivity contribution is -0.154. The number of esters is 1. The van der Waals surface area contributed by atoms with Gasteiger partial charge >= 0.3 is 11.9 Å². The summed E-state index contributed by atoms with van der Waals surface area (Å²) in [5.41, 5.74) is -1.90. The van der Waals surface area contributed by atoms with Gasteiger partial charge in [0.15, 0.2) is 5.78 Å². The Morgan fingerprint density at radius 3 is 2.30 bits per heavy atom. The molecule has 0 aromatic carbocycles. The van der Waals surface area contributed by atoms with Gasteiger partial charge in [-0.05, 0) is 51.8 Å². The number of carboxylic acids is 1. The van der Waals surface area contributed by atoms with E-state index in [1.165, 1.54) is 12.2 Å². The molecule has 0 aromatic rings. The number of rotatable bonds is 5. The SMILES string of the molecule is CC1=C(CC(=O)OC(C)(C)C)C(=O)CC(C)(C)[C@]1(O)/C=C/C(C)=C\C(=O)O. The van der Waals surface area contributed by atoms with E-state index in [2.05, 4.69) is 0 Å². The first kappa shape index (κ1) is 22.8. The highest BCUT2D eigenvalue weighted by Gasteiger charge is 2.49. The van der Waals surface area contributed by atoms with Crippen molar-refractivity contribution in [1.82, 2.24) is 0 Å². The third-order valence-corrected chi connectivity index (χ3v) is 4.67.